The quantitative estimate of drug-likeness (QED) is 0.421. The number of carbonyl (C=O) groups is 1. The van der Waals surface area contributed by atoms with Crippen LogP contribution in [0.5, 0.6) is 0 Å². The zero-order valence-electron chi connectivity index (χ0n) is 17.8. The summed E-state index contributed by atoms with van der Waals surface area (Å²) in [7, 11) is 0. The van der Waals surface area contributed by atoms with Gasteiger partial charge in [-0.2, -0.15) is 0 Å². The van der Waals surface area contributed by atoms with Crippen LogP contribution in [0, 0.1) is 6.92 Å². The maximum atomic E-state index is 13.3. The molecule has 158 valence electrons. The van der Waals surface area contributed by atoms with Crippen LogP contribution in [0.25, 0.3) is 10.2 Å². The van der Waals surface area contributed by atoms with E-state index in [0.717, 1.165) is 39.7 Å². The van der Waals surface area contributed by atoms with Crippen LogP contribution in [-0.2, 0) is 9.53 Å². The van der Waals surface area contributed by atoms with Crippen LogP contribution in [0.1, 0.15) is 43.7 Å². The average Bonchev–Trinajstić information content (AvgIpc) is 3.40. The summed E-state index contributed by atoms with van der Waals surface area (Å²) in [5.41, 5.74) is 3.47. The van der Waals surface area contributed by atoms with Gasteiger partial charge in [-0.25, -0.2) is 4.98 Å². The molecule has 1 atom stereocenters. The van der Waals surface area contributed by atoms with Crippen LogP contribution in [-0.4, -0.2) is 35.9 Å². The van der Waals surface area contributed by atoms with Crippen molar-refractivity contribution >= 4 is 44.4 Å². The standard InChI is InChI=1S/C24H28N2O2S2/c1-16(2)20-7-4-8-21-23(20)25-24(30-21)26(14-18-6-5-13-28-18)22(27)15-29-19-11-9-17(3)10-12-19/h4,7-12,16,18H,5-6,13-15H2,1-3H3. The number of benzene rings is 2. The molecule has 0 spiro atoms. The van der Waals surface area contributed by atoms with Crippen LogP contribution >= 0.6 is 23.1 Å². The minimum Gasteiger partial charge on any atom is -0.376 e. The number of hydrogen-bond acceptors (Lipinski definition) is 5. The summed E-state index contributed by atoms with van der Waals surface area (Å²) >= 11 is 3.18. The lowest BCUT2D eigenvalue weighted by Crippen LogP contribution is -2.38. The van der Waals surface area contributed by atoms with Crippen LogP contribution in [0.3, 0.4) is 0 Å². The highest BCUT2D eigenvalue weighted by atomic mass is 32.2. The molecule has 1 unspecified atom stereocenters. The molecule has 0 aliphatic carbocycles. The van der Waals surface area contributed by atoms with E-state index in [-0.39, 0.29) is 12.0 Å². The van der Waals surface area contributed by atoms with Gasteiger partial charge in [0.05, 0.1) is 28.6 Å². The Morgan fingerprint density at radius 2 is 2.07 bits per heavy atom. The van der Waals surface area contributed by atoms with Crippen molar-refractivity contribution in [1.29, 1.82) is 0 Å². The van der Waals surface area contributed by atoms with E-state index >= 15 is 0 Å². The van der Waals surface area contributed by atoms with Gasteiger partial charge in [0, 0.05) is 11.5 Å². The van der Waals surface area contributed by atoms with Gasteiger partial charge in [-0.05, 0) is 49.4 Å². The Bertz CT molecular complexity index is 1010. The lowest BCUT2D eigenvalue weighted by Gasteiger charge is -2.23. The summed E-state index contributed by atoms with van der Waals surface area (Å²) in [5, 5.41) is 0.781. The molecule has 1 fully saturated rings. The van der Waals surface area contributed by atoms with E-state index in [9.17, 15) is 4.79 Å². The molecule has 2 aromatic carbocycles. The highest BCUT2D eigenvalue weighted by molar-refractivity contribution is 8.00. The number of anilines is 1. The van der Waals surface area contributed by atoms with E-state index in [1.807, 2.05) is 4.90 Å². The van der Waals surface area contributed by atoms with E-state index < -0.39 is 0 Å². The zero-order chi connectivity index (χ0) is 21.1. The molecule has 0 N–H and O–H groups in total. The number of carbonyl (C=O) groups excluding carboxylic acids is 1. The highest BCUT2D eigenvalue weighted by Gasteiger charge is 2.26. The molecule has 4 rings (SSSR count). The van der Waals surface area contributed by atoms with E-state index in [0.29, 0.717) is 18.2 Å². The van der Waals surface area contributed by atoms with Crippen LogP contribution < -0.4 is 4.90 Å². The third-order valence-electron chi connectivity index (χ3n) is 5.39. The predicted molar refractivity (Wildman–Crippen MR) is 127 cm³/mol. The monoisotopic (exact) mass is 440 g/mol. The number of amides is 1. The third kappa shape index (κ3) is 4.88. The Morgan fingerprint density at radius 1 is 1.27 bits per heavy atom. The van der Waals surface area contributed by atoms with Crippen molar-refractivity contribution in [2.45, 2.75) is 50.5 Å². The minimum absolute atomic E-state index is 0.0845. The Kier molecular flexibility index (Phi) is 6.76. The molecular weight excluding hydrogens is 412 g/mol. The number of hydrogen-bond donors (Lipinski definition) is 0. The molecule has 30 heavy (non-hydrogen) atoms. The topological polar surface area (TPSA) is 42.4 Å². The smallest absolute Gasteiger partial charge is 0.239 e. The number of nitrogens with zero attached hydrogens (tertiary/aromatic N) is 2. The van der Waals surface area contributed by atoms with Gasteiger partial charge < -0.3 is 4.74 Å². The molecule has 1 amide bonds. The maximum absolute atomic E-state index is 13.3. The molecule has 2 heterocycles. The normalized spacial score (nSPS) is 16.5. The number of rotatable bonds is 7. The summed E-state index contributed by atoms with van der Waals surface area (Å²) in [4.78, 5) is 21.2. The van der Waals surface area contributed by atoms with Gasteiger partial charge in [0.2, 0.25) is 5.91 Å². The number of para-hydroxylation sites is 1. The van der Waals surface area contributed by atoms with E-state index in [1.54, 1.807) is 23.1 Å². The highest BCUT2D eigenvalue weighted by Crippen LogP contribution is 2.34. The van der Waals surface area contributed by atoms with Gasteiger partial charge >= 0.3 is 0 Å². The van der Waals surface area contributed by atoms with Crippen molar-refractivity contribution in [3.8, 4) is 0 Å². The number of thioether (sulfide) groups is 1. The number of thiazole rings is 1. The lowest BCUT2D eigenvalue weighted by atomic mass is 10.0. The molecule has 0 radical (unpaired) electrons. The first-order chi connectivity index (χ1) is 14.5. The van der Waals surface area contributed by atoms with Crippen molar-refractivity contribution in [2.24, 2.45) is 0 Å². The van der Waals surface area contributed by atoms with Gasteiger partial charge in [0.1, 0.15) is 0 Å². The van der Waals surface area contributed by atoms with Crippen LogP contribution in [0.4, 0.5) is 5.13 Å². The molecule has 6 heteroatoms. The molecular formula is C24H28N2O2S2. The van der Waals surface area contributed by atoms with Gasteiger partial charge in [-0.15, -0.1) is 11.8 Å². The summed E-state index contributed by atoms with van der Waals surface area (Å²) in [6.45, 7) is 7.79. The Hall–Kier alpha value is -1.89. The van der Waals surface area contributed by atoms with E-state index in [2.05, 4.69) is 63.2 Å². The minimum atomic E-state index is 0.0845. The molecule has 1 aromatic heterocycles. The Labute approximate surface area is 186 Å². The predicted octanol–water partition coefficient (Wildman–Crippen LogP) is 6.03. The van der Waals surface area contributed by atoms with Gasteiger partial charge in [-0.3, -0.25) is 9.69 Å². The number of aryl methyl sites for hydroxylation is 1. The summed E-state index contributed by atoms with van der Waals surface area (Å²) < 4.78 is 6.98. The van der Waals surface area contributed by atoms with Gasteiger partial charge in [0.15, 0.2) is 5.13 Å². The first-order valence-corrected chi connectivity index (χ1v) is 12.3. The van der Waals surface area contributed by atoms with Crippen LogP contribution in [0.2, 0.25) is 0 Å². The van der Waals surface area contributed by atoms with Crippen molar-refractivity contribution in [1.82, 2.24) is 4.98 Å². The van der Waals surface area contributed by atoms with Crippen molar-refractivity contribution in [3.05, 3.63) is 53.6 Å². The molecule has 4 nitrogen and oxygen atoms in total. The second kappa shape index (κ2) is 9.50. The molecule has 0 saturated carbocycles. The fraction of sp³-hybridized carbons (Fsp3) is 0.417. The Balaban J connectivity index is 1.58. The van der Waals surface area contributed by atoms with E-state index in [1.165, 1.54) is 11.1 Å². The van der Waals surface area contributed by atoms with Crippen molar-refractivity contribution in [3.63, 3.8) is 0 Å². The maximum Gasteiger partial charge on any atom is 0.239 e. The lowest BCUT2D eigenvalue weighted by molar-refractivity contribution is -0.116. The van der Waals surface area contributed by atoms with E-state index in [4.69, 9.17) is 9.72 Å². The molecule has 1 saturated heterocycles. The van der Waals surface area contributed by atoms with Crippen molar-refractivity contribution in [2.75, 3.05) is 23.8 Å². The molecule has 0 bridgehead atoms. The van der Waals surface area contributed by atoms with Crippen molar-refractivity contribution < 1.29 is 9.53 Å². The second-order valence-electron chi connectivity index (χ2n) is 8.09. The molecule has 1 aliphatic rings. The molecule has 3 aromatic rings. The average molecular weight is 441 g/mol. The SMILES string of the molecule is Cc1ccc(SCC(=O)N(CC2CCCO2)c2nc3c(C(C)C)cccc3s2)cc1. The summed E-state index contributed by atoms with van der Waals surface area (Å²) in [6, 6.07) is 14.6. The van der Waals surface area contributed by atoms with Crippen LogP contribution in [0.15, 0.2) is 47.4 Å². The van der Waals surface area contributed by atoms with Gasteiger partial charge in [0.25, 0.3) is 0 Å². The number of ether oxygens (including phenoxy) is 1. The zero-order valence-corrected chi connectivity index (χ0v) is 19.4. The fourth-order valence-electron chi connectivity index (χ4n) is 3.68. The summed E-state index contributed by atoms with van der Waals surface area (Å²) in [5.74, 6) is 0.868. The first-order valence-electron chi connectivity index (χ1n) is 10.5. The second-order valence-corrected chi connectivity index (χ2v) is 10.1. The largest absolute Gasteiger partial charge is 0.376 e. The Morgan fingerprint density at radius 3 is 2.77 bits per heavy atom. The molecule has 1 aliphatic heterocycles. The number of aromatic nitrogens is 1. The summed E-state index contributed by atoms with van der Waals surface area (Å²) in [6.07, 6.45) is 2.15. The number of fused-ring (bicyclic) bond motifs is 1. The third-order valence-corrected chi connectivity index (χ3v) is 7.43. The first kappa shape index (κ1) is 21.3. The van der Waals surface area contributed by atoms with Gasteiger partial charge in [-0.1, -0.05) is 55.0 Å². The fourth-order valence-corrected chi connectivity index (χ4v) is 5.48.